The molecule has 0 aromatic rings. The monoisotopic (exact) mass is 341 g/mol. The Morgan fingerprint density at radius 2 is 1.73 bits per heavy atom. The van der Waals surface area contributed by atoms with Gasteiger partial charge in [0.25, 0.3) is 10.1 Å². The zero-order valence-electron chi connectivity index (χ0n) is 14.0. The summed E-state index contributed by atoms with van der Waals surface area (Å²) in [5.41, 5.74) is 0. The predicted octanol–water partition coefficient (Wildman–Crippen LogP) is -0.276. The number of rotatable bonds is 13. The predicted molar refractivity (Wildman–Crippen MR) is 85.1 cm³/mol. The fourth-order valence-corrected chi connectivity index (χ4v) is 2.43. The molecule has 0 aliphatic carbocycles. The van der Waals surface area contributed by atoms with E-state index in [1.54, 1.807) is 0 Å². The second kappa shape index (κ2) is 16.0. The van der Waals surface area contributed by atoms with Crippen LogP contribution in [0.25, 0.3) is 0 Å². The van der Waals surface area contributed by atoms with E-state index in [1.165, 1.54) is 38.2 Å². The number of unbranched alkanes of at least 4 members (excludes halogenated alkanes) is 7. The maximum atomic E-state index is 11.4. The molecule has 5 nitrogen and oxygen atoms in total. The van der Waals surface area contributed by atoms with Crippen LogP contribution in [0.4, 0.5) is 0 Å². The van der Waals surface area contributed by atoms with Crippen LogP contribution in [0.2, 0.25) is 0 Å². The van der Waals surface area contributed by atoms with Gasteiger partial charge in [0, 0.05) is 6.54 Å². The summed E-state index contributed by atoms with van der Waals surface area (Å²) in [4.78, 5) is 3.80. The second-order valence-electron chi connectivity index (χ2n) is 5.17. The summed E-state index contributed by atoms with van der Waals surface area (Å²) < 4.78 is 29.4. The van der Waals surface area contributed by atoms with Gasteiger partial charge in [-0.3, -0.25) is 4.55 Å². The van der Waals surface area contributed by atoms with Gasteiger partial charge in [-0.25, -0.2) is 0 Å². The van der Waals surface area contributed by atoms with Crippen LogP contribution < -0.4 is 34.7 Å². The first-order chi connectivity index (χ1) is 9.95. The van der Waals surface area contributed by atoms with E-state index in [2.05, 4.69) is 11.9 Å². The Morgan fingerprint density at radius 1 is 1.09 bits per heavy atom. The molecule has 0 heterocycles. The van der Waals surface area contributed by atoms with Crippen molar-refractivity contribution < 1.29 is 47.6 Å². The van der Waals surface area contributed by atoms with Gasteiger partial charge in [-0.2, -0.15) is 8.42 Å². The summed E-state index contributed by atoms with van der Waals surface area (Å²) in [6.07, 6.45) is 12.4. The van der Waals surface area contributed by atoms with Crippen molar-refractivity contribution in [1.29, 1.82) is 0 Å². The minimum absolute atomic E-state index is 0. The van der Waals surface area contributed by atoms with Gasteiger partial charge in [-0.05, 0) is 31.6 Å². The Bertz CT molecular complexity index is 408. The zero-order valence-corrected chi connectivity index (χ0v) is 16.8. The van der Waals surface area contributed by atoms with E-state index in [0.717, 1.165) is 12.8 Å². The van der Waals surface area contributed by atoms with Crippen LogP contribution in [0, 0.1) is 0 Å². The molecule has 0 unspecified atom stereocenters. The van der Waals surface area contributed by atoms with Crippen LogP contribution in [0.1, 0.15) is 64.7 Å². The van der Waals surface area contributed by atoms with E-state index in [0.29, 0.717) is 19.4 Å². The van der Waals surface area contributed by atoms with Crippen molar-refractivity contribution >= 4 is 16.0 Å². The Hall–Kier alpha value is 0.120. The smallest absolute Gasteiger partial charge is 0.859 e. The van der Waals surface area contributed by atoms with Crippen molar-refractivity contribution in [1.82, 2.24) is 0 Å². The average Bonchev–Trinajstić information content (AvgIpc) is 2.40. The van der Waals surface area contributed by atoms with Crippen molar-refractivity contribution in [3.8, 4) is 0 Å². The van der Waals surface area contributed by atoms with Crippen LogP contribution in [-0.2, 0) is 10.1 Å². The minimum atomic E-state index is -3.89. The Kier molecular flexibility index (Phi) is 17.7. The maximum Gasteiger partial charge on any atom is 1.00 e. The standard InChI is InChI=1S/C15H29NO4S.Na/c1-2-3-4-5-6-7-8-9-12-15(17)16-13-10-11-14-21(18,19)20;/h9,12H,2-8,10-11,13-14H2,1H3,(H,16,17)(H,18,19,20);/q;+1/p-1/b12-9+;. The normalized spacial score (nSPS) is 12.5. The molecule has 0 aliphatic heterocycles. The molecule has 22 heavy (non-hydrogen) atoms. The van der Waals surface area contributed by atoms with E-state index in [1.807, 2.05) is 6.08 Å². The molecule has 0 spiro atoms. The minimum Gasteiger partial charge on any atom is -0.859 e. The Morgan fingerprint density at radius 3 is 2.36 bits per heavy atom. The van der Waals surface area contributed by atoms with E-state index in [4.69, 9.17) is 4.55 Å². The van der Waals surface area contributed by atoms with Gasteiger partial charge in [0.15, 0.2) is 0 Å². The van der Waals surface area contributed by atoms with E-state index >= 15 is 0 Å². The van der Waals surface area contributed by atoms with Gasteiger partial charge in [0.05, 0.1) is 5.75 Å². The number of hydrogen-bond acceptors (Lipinski definition) is 4. The summed E-state index contributed by atoms with van der Waals surface area (Å²) >= 11 is 0. The Balaban J connectivity index is 0. The van der Waals surface area contributed by atoms with Crippen molar-refractivity contribution in [2.24, 2.45) is 4.99 Å². The molecule has 0 radical (unpaired) electrons. The van der Waals surface area contributed by atoms with Gasteiger partial charge in [-0.1, -0.05) is 51.2 Å². The van der Waals surface area contributed by atoms with E-state index in [9.17, 15) is 13.5 Å². The summed E-state index contributed by atoms with van der Waals surface area (Å²) in [5, 5.41) is 11.4. The van der Waals surface area contributed by atoms with Crippen LogP contribution in [0.15, 0.2) is 17.1 Å². The van der Waals surface area contributed by atoms with Crippen LogP contribution in [-0.4, -0.2) is 31.2 Å². The molecule has 1 N–H and O–H groups in total. The average molecular weight is 341 g/mol. The number of allylic oxidation sites excluding steroid dienone is 1. The molecular weight excluding hydrogens is 313 g/mol. The first kappa shape index (κ1) is 24.4. The molecule has 0 saturated carbocycles. The molecule has 0 bridgehead atoms. The number of aliphatic imine (C=N–C) groups is 1. The first-order valence-corrected chi connectivity index (χ1v) is 9.40. The molecule has 0 aromatic carbocycles. The third-order valence-electron chi connectivity index (χ3n) is 3.06. The maximum absolute atomic E-state index is 11.4. The van der Waals surface area contributed by atoms with Crippen LogP contribution in [0.3, 0.4) is 0 Å². The van der Waals surface area contributed by atoms with Crippen LogP contribution >= 0.6 is 0 Å². The zero-order chi connectivity index (χ0) is 16.0. The summed E-state index contributed by atoms with van der Waals surface area (Å²) in [6, 6.07) is 0. The fourth-order valence-electron chi connectivity index (χ4n) is 1.86. The van der Waals surface area contributed by atoms with Crippen molar-refractivity contribution in [3.05, 3.63) is 12.2 Å². The van der Waals surface area contributed by atoms with Gasteiger partial charge in [0.1, 0.15) is 0 Å². The van der Waals surface area contributed by atoms with E-state index < -0.39 is 10.1 Å². The van der Waals surface area contributed by atoms with Gasteiger partial charge >= 0.3 is 29.6 Å². The largest absolute Gasteiger partial charge is 1.00 e. The molecule has 0 saturated heterocycles. The molecule has 7 heteroatoms. The fraction of sp³-hybridized carbons (Fsp3) is 0.800. The van der Waals surface area contributed by atoms with Crippen LogP contribution in [0.5, 0.6) is 0 Å². The third kappa shape index (κ3) is 20.1. The molecule has 0 aliphatic rings. The quantitative estimate of drug-likeness (QED) is 0.164. The molecule has 0 atom stereocenters. The topological polar surface area (TPSA) is 89.8 Å². The van der Waals surface area contributed by atoms with Gasteiger partial charge < -0.3 is 10.1 Å². The van der Waals surface area contributed by atoms with Gasteiger partial charge in [-0.15, -0.1) is 0 Å². The molecule has 0 fully saturated rings. The number of hydrogen-bond donors (Lipinski definition) is 1. The third-order valence-corrected chi connectivity index (χ3v) is 3.87. The summed E-state index contributed by atoms with van der Waals surface area (Å²) in [6.45, 7) is 2.50. The first-order valence-electron chi connectivity index (χ1n) is 7.79. The molecule has 124 valence electrons. The van der Waals surface area contributed by atoms with Crippen molar-refractivity contribution in [2.45, 2.75) is 64.7 Å². The number of nitrogens with zero attached hydrogens (tertiary/aromatic N) is 1. The van der Waals surface area contributed by atoms with Gasteiger partial charge in [0.2, 0.25) is 0 Å². The molecule has 0 aromatic heterocycles. The molecular formula is C15H28NNaO4S. The summed E-state index contributed by atoms with van der Waals surface area (Å²) in [7, 11) is -3.89. The summed E-state index contributed by atoms with van der Waals surface area (Å²) in [5.74, 6) is -0.544. The molecule has 0 rings (SSSR count). The second-order valence-corrected chi connectivity index (χ2v) is 6.74. The van der Waals surface area contributed by atoms with E-state index in [-0.39, 0.29) is 41.2 Å². The molecule has 0 amide bonds. The Labute approximate surface area is 157 Å². The van der Waals surface area contributed by atoms with Crippen molar-refractivity contribution in [3.63, 3.8) is 0 Å². The van der Waals surface area contributed by atoms with Crippen molar-refractivity contribution in [2.75, 3.05) is 12.3 Å². The SMILES string of the molecule is CCCCCCCC/C=C/C([O-])=NCCCCS(=O)(=O)O.[Na+].